The Morgan fingerprint density at radius 1 is 1.64 bits per heavy atom. The molecule has 0 amide bonds. The monoisotopic (exact) mass is 182 g/mol. The molecule has 5 nitrogen and oxygen atoms in total. The molecule has 1 aliphatic rings. The predicted octanol–water partition coefficient (Wildman–Crippen LogP) is 0.00840. The molecule has 1 heterocycles. The van der Waals surface area contributed by atoms with E-state index in [2.05, 4.69) is 15.5 Å². The summed E-state index contributed by atoms with van der Waals surface area (Å²) in [4.78, 5) is 0. The molecule has 66 valence electrons. The molecule has 1 fully saturated rings. The fraction of sp³-hybridized carbons (Fsp3) is 0.600. The van der Waals surface area contributed by atoms with E-state index in [0.717, 1.165) is 13.2 Å². The molecule has 11 heavy (non-hydrogen) atoms. The van der Waals surface area contributed by atoms with Gasteiger partial charge in [-0.1, -0.05) is 6.08 Å². The second-order valence-electron chi connectivity index (χ2n) is 1.61. The molecular weight excluding hydrogens is 172 g/mol. The molecule has 1 N–H and O–H groups in total. The molecule has 1 aliphatic heterocycles. The summed E-state index contributed by atoms with van der Waals surface area (Å²) in [5, 5.41) is 0. The lowest BCUT2D eigenvalue weighted by Crippen LogP contribution is -2.02. The van der Waals surface area contributed by atoms with E-state index in [-0.39, 0.29) is 6.61 Å². The number of hydrogen-bond donors (Lipinski definition) is 1. The number of epoxide rings is 1. The minimum absolute atomic E-state index is 0.196. The van der Waals surface area contributed by atoms with E-state index in [1.165, 1.54) is 6.08 Å². The van der Waals surface area contributed by atoms with Gasteiger partial charge in [0.1, 0.15) is 0 Å². The maximum Gasteiger partial charge on any atom is 0.397 e. The van der Waals surface area contributed by atoms with Crippen molar-refractivity contribution in [3.05, 3.63) is 12.7 Å². The summed E-state index contributed by atoms with van der Waals surface area (Å²) in [7, 11) is -4.26. The molecule has 1 rings (SSSR count). The van der Waals surface area contributed by atoms with Crippen molar-refractivity contribution >= 4 is 10.4 Å². The first kappa shape index (κ1) is 10.6. The van der Waals surface area contributed by atoms with Crippen molar-refractivity contribution in [3.63, 3.8) is 0 Å². The van der Waals surface area contributed by atoms with Crippen molar-refractivity contribution in [2.24, 2.45) is 0 Å². The van der Waals surface area contributed by atoms with Gasteiger partial charge in [-0.2, -0.15) is 8.42 Å². The van der Waals surface area contributed by atoms with E-state index < -0.39 is 10.4 Å². The highest BCUT2D eigenvalue weighted by molar-refractivity contribution is 7.80. The van der Waals surface area contributed by atoms with Gasteiger partial charge in [0.05, 0.1) is 19.8 Å². The Morgan fingerprint density at radius 2 is 2.09 bits per heavy atom. The van der Waals surface area contributed by atoms with E-state index in [1.54, 1.807) is 0 Å². The van der Waals surface area contributed by atoms with Gasteiger partial charge >= 0.3 is 10.4 Å². The van der Waals surface area contributed by atoms with Crippen LogP contribution in [-0.4, -0.2) is 32.8 Å². The van der Waals surface area contributed by atoms with Crippen molar-refractivity contribution < 1.29 is 21.9 Å². The highest BCUT2D eigenvalue weighted by atomic mass is 32.3. The van der Waals surface area contributed by atoms with Gasteiger partial charge in [0.15, 0.2) is 0 Å². The first-order valence-corrected chi connectivity index (χ1v) is 4.23. The molecule has 0 spiro atoms. The van der Waals surface area contributed by atoms with Crippen LogP contribution in [0.2, 0.25) is 0 Å². The van der Waals surface area contributed by atoms with Crippen LogP contribution in [0, 0.1) is 0 Å². The van der Waals surface area contributed by atoms with Crippen molar-refractivity contribution in [2.45, 2.75) is 0 Å². The molecular formula is C5H10O5S. The maximum absolute atomic E-state index is 9.68. The third-order valence-corrected chi connectivity index (χ3v) is 0.973. The Morgan fingerprint density at radius 3 is 2.18 bits per heavy atom. The summed E-state index contributed by atoms with van der Waals surface area (Å²) in [6, 6.07) is 0. The number of rotatable bonds is 3. The Hall–Kier alpha value is -0.430. The normalized spacial score (nSPS) is 14.6. The minimum atomic E-state index is -4.26. The standard InChI is InChI=1S/C3H6O4S.C2H4O/c1-2-3-7-8(4,5)6;1-2-3-1/h2H,1,3H2,(H,4,5,6);1-2H2. The Labute approximate surface area is 65.6 Å². The molecule has 0 aromatic carbocycles. The summed E-state index contributed by atoms with van der Waals surface area (Å²) >= 11 is 0. The highest BCUT2D eigenvalue weighted by Gasteiger charge is 1.99. The molecule has 0 unspecified atom stereocenters. The zero-order valence-corrected chi connectivity index (χ0v) is 6.71. The van der Waals surface area contributed by atoms with Gasteiger partial charge in [-0.15, -0.1) is 6.58 Å². The van der Waals surface area contributed by atoms with E-state index in [4.69, 9.17) is 4.55 Å². The summed E-state index contributed by atoms with van der Waals surface area (Å²) in [6.07, 6.45) is 1.22. The van der Waals surface area contributed by atoms with Crippen LogP contribution in [-0.2, 0) is 19.3 Å². The molecule has 1 saturated heterocycles. The predicted molar refractivity (Wildman–Crippen MR) is 38.5 cm³/mol. The fourth-order valence-electron chi connectivity index (χ4n) is 0.134. The molecule has 0 aromatic heterocycles. The van der Waals surface area contributed by atoms with Gasteiger partial charge in [-0.25, -0.2) is 4.18 Å². The third kappa shape index (κ3) is 17.7. The van der Waals surface area contributed by atoms with Gasteiger partial charge in [0.2, 0.25) is 0 Å². The fourth-order valence-corrected chi connectivity index (χ4v) is 0.402. The van der Waals surface area contributed by atoms with E-state index in [0.29, 0.717) is 0 Å². The third-order valence-electron chi connectivity index (χ3n) is 0.539. The average molecular weight is 182 g/mol. The van der Waals surface area contributed by atoms with Gasteiger partial charge < -0.3 is 4.74 Å². The first-order valence-electron chi connectivity index (χ1n) is 2.87. The zero-order valence-electron chi connectivity index (χ0n) is 5.89. The lowest BCUT2D eigenvalue weighted by atomic mass is 10.7. The molecule has 0 saturated carbocycles. The highest BCUT2D eigenvalue weighted by Crippen LogP contribution is 1.84. The molecule has 0 aromatic rings. The Balaban J connectivity index is 0.000000271. The van der Waals surface area contributed by atoms with Crippen molar-refractivity contribution in [3.8, 4) is 0 Å². The molecule has 0 atom stereocenters. The second kappa shape index (κ2) is 5.25. The molecule has 0 aliphatic carbocycles. The van der Waals surface area contributed by atoms with E-state index in [9.17, 15) is 8.42 Å². The van der Waals surface area contributed by atoms with Gasteiger partial charge in [-0.3, -0.25) is 4.55 Å². The van der Waals surface area contributed by atoms with Gasteiger partial charge in [0, 0.05) is 0 Å². The topological polar surface area (TPSA) is 76.1 Å². The molecule has 0 bridgehead atoms. The largest absolute Gasteiger partial charge is 0.397 e. The molecule has 0 radical (unpaired) electrons. The SMILES string of the molecule is C1CO1.C=CCOS(=O)(=O)O. The van der Waals surface area contributed by atoms with Crippen LogP contribution < -0.4 is 0 Å². The van der Waals surface area contributed by atoms with Crippen LogP contribution in [0.4, 0.5) is 0 Å². The van der Waals surface area contributed by atoms with Crippen LogP contribution in [0.15, 0.2) is 12.7 Å². The van der Waals surface area contributed by atoms with Crippen LogP contribution in [0.1, 0.15) is 0 Å². The smallest absolute Gasteiger partial charge is 0.377 e. The lowest BCUT2D eigenvalue weighted by Gasteiger charge is -1.90. The van der Waals surface area contributed by atoms with Crippen LogP contribution in [0.3, 0.4) is 0 Å². The minimum Gasteiger partial charge on any atom is -0.377 e. The van der Waals surface area contributed by atoms with Crippen molar-refractivity contribution in [2.75, 3.05) is 19.8 Å². The van der Waals surface area contributed by atoms with Crippen molar-refractivity contribution in [1.29, 1.82) is 0 Å². The van der Waals surface area contributed by atoms with Gasteiger partial charge in [0.25, 0.3) is 0 Å². The number of ether oxygens (including phenoxy) is 1. The van der Waals surface area contributed by atoms with Crippen LogP contribution in [0.25, 0.3) is 0 Å². The van der Waals surface area contributed by atoms with Crippen LogP contribution in [0.5, 0.6) is 0 Å². The summed E-state index contributed by atoms with van der Waals surface area (Å²) in [5.74, 6) is 0. The maximum atomic E-state index is 9.68. The van der Waals surface area contributed by atoms with Gasteiger partial charge in [-0.05, 0) is 0 Å². The zero-order chi connectivity index (χ0) is 8.74. The van der Waals surface area contributed by atoms with Crippen LogP contribution >= 0.6 is 0 Å². The van der Waals surface area contributed by atoms with Crippen molar-refractivity contribution in [1.82, 2.24) is 0 Å². The summed E-state index contributed by atoms with van der Waals surface area (Å²) in [6.45, 7) is 4.97. The summed E-state index contributed by atoms with van der Waals surface area (Å²) in [5.41, 5.74) is 0. The Kier molecular flexibility index (Phi) is 5.05. The lowest BCUT2D eigenvalue weighted by molar-refractivity contribution is 0.296. The first-order chi connectivity index (χ1) is 5.06. The summed E-state index contributed by atoms with van der Waals surface area (Å²) < 4.78 is 35.5. The number of hydrogen-bond acceptors (Lipinski definition) is 4. The second-order valence-corrected chi connectivity index (χ2v) is 2.70. The average Bonchev–Trinajstić information content (AvgIpc) is 2.65. The quantitative estimate of drug-likeness (QED) is 0.378. The Bertz CT molecular complexity index is 190. The van der Waals surface area contributed by atoms with E-state index in [1.807, 2.05) is 0 Å². The van der Waals surface area contributed by atoms with E-state index >= 15 is 0 Å². The molecule has 6 heteroatoms.